The van der Waals surface area contributed by atoms with Gasteiger partial charge >= 0.3 is 0 Å². The molecule has 3 aromatic carbocycles. The molecule has 2 heteroatoms. The molecule has 5 rings (SSSR count). The molecule has 0 radical (unpaired) electrons. The van der Waals surface area contributed by atoms with Crippen LogP contribution in [0.3, 0.4) is 0 Å². The van der Waals surface area contributed by atoms with Crippen LogP contribution < -0.4 is 4.74 Å². The van der Waals surface area contributed by atoms with Gasteiger partial charge in [0.05, 0.1) is 0 Å². The molecule has 0 unspecified atom stereocenters. The van der Waals surface area contributed by atoms with Crippen molar-refractivity contribution in [1.82, 2.24) is 4.90 Å². The molecule has 0 atom stereocenters. The van der Waals surface area contributed by atoms with Crippen LogP contribution in [0, 0.1) is 5.92 Å². The van der Waals surface area contributed by atoms with Crippen molar-refractivity contribution in [2.45, 2.75) is 25.9 Å². The molecule has 0 aromatic heterocycles. The third-order valence-electron chi connectivity index (χ3n) is 6.50. The van der Waals surface area contributed by atoms with E-state index in [9.17, 15) is 0 Å². The van der Waals surface area contributed by atoms with Gasteiger partial charge in [-0.3, -0.25) is 4.90 Å². The lowest BCUT2D eigenvalue weighted by Gasteiger charge is -2.31. The quantitative estimate of drug-likeness (QED) is 0.540. The molecule has 3 aromatic rings. The van der Waals surface area contributed by atoms with Crippen molar-refractivity contribution in [2.75, 3.05) is 19.6 Å². The minimum absolute atomic E-state index is 0.634. The van der Waals surface area contributed by atoms with Gasteiger partial charge < -0.3 is 4.74 Å². The number of likely N-dealkylation sites (tertiary alicyclic amines) is 1. The molecule has 2 nitrogen and oxygen atoms in total. The summed E-state index contributed by atoms with van der Waals surface area (Å²) >= 11 is 0. The summed E-state index contributed by atoms with van der Waals surface area (Å²) < 4.78 is 6.11. The van der Waals surface area contributed by atoms with Gasteiger partial charge in [0.15, 0.2) is 0 Å². The Morgan fingerprint density at radius 1 is 0.800 bits per heavy atom. The van der Waals surface area contributed by atoms with E-state index in [-0.39, 0.29) is 0 Å². The molecular weight excluding hydrogens is 366 g/mol. The van der Waals surface area contributed by atoms with Gasteiger partial charge in [-0.05, 0) is 66.6 Å². The summed E-state index contributed by atoms with van der Waals surface area (Å²) in [6.07, 6.45) is 6.21. The molecule has 0 saturated carbocycles. The van der Waals surface area contributed by atoms with Crippen molar-refractivity contribution in [3.63, 3.8) is 0 Å². The van der Waals surface area contributed by atoms with Crippen LogP contribution in [-0.4, -0.2) is 24.5 Å². The number of rotatable bonds is 4. The van der Waals surface area contributed by atoms with Crippen LogP contribution in [0.15, 0.2) is 84.9 Å². The van der Waals surface area contributed by atoms with E-state index in [1.54, 1.807) is 0 Å². The topological polar surface area (TPSA) is 12.5 Å². The second kappa shape index (κ2) is 8.89. The number of ether oxygens (including phenoxy) is 1. The zero-order valence-corrected chi connectivity index (χ0v) is 17.5. The highest BCUT2D eigenvalue weighted by molar-refractivity contribution is 5.85. The minimum atomic E-state index is 0.634. The molecule has 0 N–H and O–H groups in total. The maximum atomic E-state index is 6.11. The SMILES string of the molecule is C(/CN1CCC(Cc2ccccc2)CC1)=C1/c2ccccc2COc2ccccc21. The van der Waals surface area contributed by atoms with E-state index in [1.165, 1.54) is 60.2 Å². The van der Waals surface area contributed by atoms with Gasteiger partial charge in [0.1, 0.15) is 12.4 Å². The summed E-state index contributed by atoms with van der Waals surface area (Å²) in [7, 11) is 0. The maximum Gasteiger partial charge on any atom is 0.127 e. The molecule has 1 saturated heterocycles. The fraction of sp³-hybridized carbons (Fsp3) is 0.286. The third-order valence-corrected chi connectivity index (χ3v) is 6.50. The van der Waals surface area contributed by atoms with Crippen LogP contribution in [0.1, 0.15) is 35.1 Å². The van der Waals surface area contributed by atoms with Crippen LogP contribution in [-0.2, 0) is 13.0 Å². The van der Waals surface area contributed by atoms with E-state index in [0.29, 0.717) is 6.61 Å². The van der Waals surface area contributed by atoms with Crippen LogP contribution in [0.5, 0.6) is 5.75 Å². The van der Waals surface area contributed by atoms with Gasteiger partial charge in [-0.2, -0.15) is 0 Å². The van der Waals surface area contributed by atoms with Gasteiger partial charge in [0.25, 0.3) is 0 Å². The summed E-state index contributed by atoms with van der Waals surface area (Å²) in [5, 5.41) is 0. The van der Waals surface area contributed by atoms with Gasteiger partial charge in [-0.25, -0.2) is 0 Å². The number of piperidine rings is 1. The largest absolute Gasteiger partial charge is 0.488 e. The minimum Gasteiger partial charge on any atom is -0.488 e. The Balaban J connectivity index is 1.30. The summed E-state index contributed by atoms with van der Waals surface area (Å²) in [4.78, 5) is 2.60. The van der Waals surface area contributed by atoms with E-state index < -0.39 is 0 Å². The fourth-order valence-electron chi connectivity index (χ4n) is 4.79. The molecule has 0 spiro atoms. The highest BCUT2D eigenvalue weighted by Gasteiger charge is 2.21. The molecule has 2 heterocycles. The first-order chi connectivity index (χ1) is 14.9. The lowest BCUT2D eigenvalue weighted by atomic mass is 9.90. The first-order valence-corrected chi connectivity index (χ1v) is 11.1. The number of benzene rings is 3. The molecule has 1 fully saturated rings. The van der Waals surface area contributed by atoms with Gasteiger partial charge in [0, 0.05) is 12.1 Å². The highest BCUT2D eigenvalue weighted by atomic mass is 16.5. The average molecular weight is 396 g/mol. The van der Waals surface area contributed by atoms with Gasteiger partial charge in [-0.15, -0.1) is 0 Å². The second-order valence-electron chi connectivity index (χ2n) is 8.49. The zero-order valence-electron chi connectivity index (χ0n) is 17.5. The Kier molecular flexibility index (Phi) is 5.67. The van der Waals surface area contributed by atoms with E-state index >= 15 is 0 Å². The third kappa shape index (κ3) is 4.20. The van der Waals surface area contributed by atoms with Crippen LogP contribution >= 0.6 is 0 Å². The normalized spacial score (nSPS) is 18.3. The smallest absolute Gasteiger partial charge is 0.127 e. The van der Waals surface area contributed by atoms with Crippen molar-refractivity contribution in [3.05, 3.63) is 107 Å². The highest BCUT2D eigenvalue weighted by Crippen LogP contribution is 2.36. The number of hydrogen-bond acceptors (Lipinski definition) is 2. The number of fused-ring (bicyclic) bond motifs is 2. The van der Waals surface area contributed by atoms with E-state index in [2.05, 4.69) is 89.8 Å². The van der Waals surface area contributed by atoms with Crippen molar-refractivity contribution in [3.8, 4) is 5.75 Å². The van der Waals surface area contributed by atoms with Crippen LogP contribution in [0.2, 0.25) is 0 Å². The van der Waals surface area contributed by atoms with Gasteiger partial charge in [0.2, 0.25) is 0 Å². The number of hydrogen-bond donors (Lipinski definition) is 0. The first kappa shape index (κ1) is 19.1. The Labute approximate surface area is 179 Å². The lowest BCUT2D eigenvalue weighted by molar-refractivity contribution is 0.200. The summed E-state index contributed by atoms with van der Waals surface area (Å²) in [5.74, 6) is 1.80. The van der Waals surface area contributed by atoms with Crippen molar-refractivity contribution < 1.29 is 4.74 Å². The summed E-state index contributed by atoms with van der Waals surface area (Å²) in [6.45, 7) is 3.99. The zero-order chi connectivity index (χ0) is 20.2. The van der Waals surface area contributed by atoms with Crippen molar-refractivity contribution >= 4 is 5.57 Å². The Bertz CT molecular complexity index is 966. The fourth-order valence-corrected chi connectivity index (χ4v) is 4.79. The van der Waals surface area contributed by atoms with E-state index in [4.69, 9.17) is 4.74 Å². The summed E-state index contributed by atoms with van der Waals surface area (Å²) in [5.41, 5.74) is 6.57. The molecule has 0 bridgehead atoms. The van der Waals surface area contributed by atoms with Crippen molar-refractivity contribution in [2.24, 2.45) is 5.92 Å². The number of nitrogens with zero attached hydrogens (tertiary/aromatic N) is 1. The molecule has 2 aliphatic rings. The standard InChI is InChI=1S/C28H29NO/c1-2-8-22(9-3-1)20-23-14-17-29(18-15-23)19-16-26-25-11-5-4-10-24(25)21-30-28-13-7-6-12-27(26)28/h1-13,16,23H,14-15,17-21H2/b26-16+. The van der Waals surface area contributed by atoms with Gasteiger partial charge in [-0.1, -0.05) is 78.9 Å². The molecular formula is C28H29NO. The Hall–Kier alpha value is -2.84. The predicted octanol–water partition coefficient (Wildman–Crippen LogP) is 5.97. The molecule has 0 amide bonds. The summed E-state index contributed by atoms with van der Waals surface area (Å²) in [6, 6.07) is 28.0. The molecule has 0 aliphatic carbocycles. The number of para-hydroxylation sites is 1. The molecule has 2 aliphatic heterocycles. The Morgan fingerprint density at radius 3 is 2.33 bits per heavy atom. The maximum absolute atomic E-state index is 6.11. The molecule has 30 heavy (non-hydrogen) atoms. The van der Waals surface area contributed by atoms with Crippen molar-refractivity contribution in [1.29, 1.82) is 0 Å². The van der Waals surface area contributed by atoms with Crippen LogP contribution in [0.25, 0.3) is 5.57 Å². The predicted molar refractivity (Wildman–Crippen MR) is 124 cm³/mol. The molecule has 152 valence electrons. The lowest BCUT2D eigenvalue weighted by Crippen LogP contribution is -2.34. The van der Waals surface area contributed by atoms with Crippen LogP contribution in [0.4, 0.5) is 0 Å². The second-order valence-corrected chi connectivity index (χ2v) is 8.49. The first-order valence-electron chi connectivity index (χ1n) is 11.1. The monoisotopic (exact) mass is 395 g/mol. The van der Waals surface area contributed by atoms with E-state index in [1.807, 2.05) is 0 Å². The Morgan fingerprint density at radius 2 is 1.50 bits per heavy atom. The average Bonchev–Trinajstić information content (AvgIpc) is 2.96. The van der Waals surface area contributed by atoms with E-state index in [0.717, 1.165) is 18.2 Å².